The minimum atomic E-state index is 0.386. The second-order valence-electron chi connectivity index (χ2n) is 8.94. The third-order valence-corrected chi connectivity index (χ3v) is 7.00. The average molecular weight is 436 g/mol. The molecule has 0 spiro atoms. The van der Waals surface area contributed by atoms with Crippen molar-refractivity contribution in [3.63, 3.8) is 0 Å². The van der Waals surface area contributed by atoms with E-state index in [9.17, 15) is 0 Å². The summed E-state index contributed by atoms with van der Waals surface area (Å²) >= 11 is 6.37. The fraction of sp³-hybridized carbons (Fsp3) is 0.478. The van der Waals surface area contributed by atoms with Gasteiger partial charge in [-0.2, -0.15) is 0 Å². The van der Waals surface area contributed by atoms with Crippen molar-refractivity contribution in [3.8, 4) is 5.69 Å². The van der Waals surface area contributed by atoms with Crippen LogP contribution in [0.1, 0.15) is 54.6 Å². The third-order valence-electron chi connectivity index (χ3n) is 6.76. The smallest absolute Gasteiger partial charge is 0.151 e. The van der Waals surface area contributed by atoms with Crippen molar-refractivity contribution in [1.29, 1.82) is 0 Å². The van der Waals surface area contributed by atoms with Crippen LogP contribution in [0.15, 0.2) is 30.5 Å². The molecule has 2 aromatic heterocycles. The fourth-order valence-corrected chi connectivity index (χ4v) is 5.19. The lowest BCUT2D eigenvalue weighted by atomic mass is 9.95. The molecule has 0 radical (unpaired) electrons. The number of hydrogen-bond donors (Lipinski definition) is 0. The van der Waals surface area contributed by atoms with Gasteiger partial charge in [0.15, 0.2) is 5.82 Å². The summed E-state index contributed by atoms with van der Waals surface area (Å²) in [5.41, 5.74) is 2.46. The van der Waals surface area contributed by atoms with Crippen molar-refractivity contribution in [3.05, 3.63) is 58.5 Å². The van der Waals surface area contributed by atoms with E-state index in [0.29, 0.717) is 12.0 Å². The highest BCUT2D eigenvalue weighted by molar-refractivity contribution is 6.30. The molecule has 1 saturated heterocycles. The maximum atomic E-state index is 6.37. The normalized spacial score (nSPS) is 19.7. The number of hydrogen-bond acceptors (Lipinski definition) is 6. The predicted octanol–water partition coefficient (Wildman–Crippen LogP) is 3.88. The second kappa shape index (κ2) is 7.57. The Bertz CT molecular complexity index is 1110. The Morgan fingerprint density at radius 2 is 1.84 bits per heavy atom. The van der Waals surface area contributed by atoms with E-state index in [2.05, 4.69) is 41.6 Å². The first-order valence-electron chi connectivity index (χ1n) is 11.2. The molecule has 0 atom stereocenters. The molecule has 1 saturated carbocycles. The lowest BCUT2D eigenvalue weighted by Crippen LogP contribution is -2.34. The summed E-state index contributed by atoms with van der Waals surface area (Å²) in [7, 11) is 0. The molecule has 3 aliphatic rings. The van der Waals surface area contributed by atoms with Crippen LogP contribution in [0.4, 0.5) is 5.82 Å². The first kappa shape index (κ1) is 19.2. The van der Waals surface area contributed by atoms with E-state index in [1.807, 2.05) is 25.3 Å². The SMILES string of the molecule is Cc1nccc(N2CCC(c3nnc4n3-c3ccc(Cl)cc3CN(C3CC3)C4)CC2)n1. The first-order chi connectivity index (χ1) is 15.2. The topological polar surface area (TPSA) is 63.0 Å². The highest BCUT2D eigenvalue weighted by Gasteiger charge is 2.35. The molecule has 2 fully saturated rings. The molecule has 0 unspecified atom stereocenters. The number of anilines is 1. The van der Waals surface area contributed by atoms with Crippen LogP contribution < -0.4 is 4.90 Å². The van der Waals surface area contributed by atoms with Crippen LogP contribution in [0.5, 0.6) is 0 Å². The van der Waals surface area contributed by atoms with Gasteiger partial charge in [-0.05, 0) is 62.4 Å². The Morgan fingerprint density at radius 1 is 1.00 bits per heavy atom. The van der Waals surface area contributed by atoms with Crippen molar-refractivity contribution in [2.24, 2.45) is 0 Å². The molecule has 3 aromatic rings. The Hall–Kier alpha value is -2.51. The predicted molar refractivity (Wildman–Crippen MR) is 120 cm³/mol. The third kappa shape index (κ3) is 3.59. The summed E-state index contributed by atoms with van der Waals surface area (Å²) in [6, 6.07) is 8.91. The van der Waals surface area contributed by atoms with Crippen molar-refractivity contribution in [2.75, 3.05) is 18.0 Å². The zero-order valence-corrected chi connectivity index (χ0v) is 18.5. The number of aromatic nitrogens is 5. The Balaban J connectivity index is 1.31. The van der Waals surface area contributed by atoms with Gasteiger partial charge >= 0.3 is 0 Å². The van der Waals surface area contributed by atoms with E-state index in [1.165, 1.54) is 24.1 Å². The van der Waals surface area contributed by atoms with Gasteiger partial charge < -0.3 is 4.90 Å². The van der Waals surface area contributed by atoms with Gasteiger partial charge in [-0.15, -0.1) is 10.2 Å². The van der Waals surface area contributed by atoms with Crippen molar-refractivity contribution < 1.29 is 0 Å². The molecule has 31 heavy (non-hydrogen) atoms. The van der Waals surface area contributed by atoms with Crippen LogP contribution in [-0.2, 0) is 13.1 Å². The van der Waals surface area contributed by atoms with Gasteiger partial charge in [-0.1, -0.05) is 11.6 Å². The van der Waals surface area contributed by atoms with E-state index >= 15 is 0 Å². The van der Waals surface area contributed by atoms with Crippen molar-refractivity contribution in [2.45, 2.75) is 57.7 Å². The summed E-state index contributed by atoms with van der Waals surface area (Å²) in [4.78, 5) is 13.7. The molecule has 0 bridgehead atoms. The monoisotopic (exact) mass is 435 g/mol. The number of aryl methyl sites for hydroxylation is 1. The summed E-state index contributed by atoms with van der Waals surface area (Å²) in [6.45, 7) is 5.64. The molecule has 4 heterocycles. The highest BCUT2D eigenvalue weighted by atomic mass is 35.5. The molecule has 0 amide bonds. The molecule has 2 aliphatic heterocycles. The molecule has 8 heteroatoms. The molecule has 1 aromatic carbocycles. The lowest BCUT2D eigenvalue weighted by molar-refractivity contribution is 0.243. The Labute approximate surface area is 187 Å². The van der Waals surface area contributed by atoms with Crippen LogP contribution in [-0.4, -0.2) is 48.8 Å². The fourth-order valence-electron chi connectivity index (χ4n) is 5.00. The summed E-state index contributed by atoms with van der Waals surface area (Å²) in [5, 5.41) is 10.2. The van der Waals surface area contributed by atoms with Gasteiger partial charge in [0, 0.05) is 42.8 Å². The summed E-state index contributed by atoms with van der Waals surface area (Å²) < 4.78 is 2.32. The average Bonchev–Trinajstić information content (AvgIpc) is 3.56. The summed E-state index contributed by atoms with van der Waals surface area (Å²) in [6.07, 6.45) is 6.47. The van der Waals surface area contributed by atoms with Crippen molar-refractivity contribution in [1.82, 2.24) is 29.6 Å². The van der Waals surface area contributed by atoms with Crippen LogP contribution in [0, 0.1) is 6.92 Å². The van der Waals surface area contributed by atoms with Gasteiger partial charge in [-0.25, -0.2) is 9.97 Å². The lowest BCUT2D eigenvalue weighted by Gasteiger charge is -2.32. The number of nitrogens with zero attached hydrogens (tertiary/aromatic N) is 7. The van der Waals surface area contributed by atoms with Crippen LogP contribution >= 0.6 is 11.6 Å². The largest absolute Gasteiger partial charge is 0.356 e. The second-order valence-corrected chi connectivity index (χ2v) is 9.38. The molecule has 1 aliphatic carbocycles. The van der Waals surface area contributed by atoms with Gasteiger partial charge in [-0.3, -0.25) is 9.47 Å². The van der Waals surface area contributed by atoms with E-state index in [0.717, 1.165) is 67.3 Å². The van der Waals surface area contributed by atoms with Gasteiger partial charge in [0.2, 0.25) is 0 Å². The maximum absolute atomic E-state index is 6.37. The molecular weight excluding hydrogens is 410 g/mol. The highest BCUT2D eigenvalue weighted by Crippen LogP contribution is 2.37. The minimum Gasteiger partial charge on any atom is -0.356 e. The quantitative estimate of drug-likeness (QED) is 0.622. The maximum Gasteiger partial charge on any atom is 0.151 e. The minimum absolute atomic E-state index is 0.386. The summed E-state index contributed by atoms with van der Waals surface area (Å²) in [5.74, 6) is 4.37. The zero-order chi connectivity index (χ0) is 20.9. The number of benzene rings is 1. The van der Waals surface area contributed by atoms with Crippen LogP contribution in [0.3, 0.4) is 0 Å². The van der Waals surface area contributed by atoms with Crippen molar-refractivity contribution >= 4 is 17.4 Å². The number of rotatable bonds is 3. The van der Waals surface area contributed by atoms with Gasteiger partial charge in [0.25, 0.3) is 0 Å². The molecule has 7 nitrogen and oxygen atoms in total. The number of piperidine rings is 1. The molecule has 0 N–H and O–H groups in total. The molecule has 6 rings (SSSR count). The van der Waals surface area contributed by atoms with E-state index in [-0.39, 0.29) is 0 Å². The van der Waals surface area contributed by atoms with Gasteiger partial charge in [0.05, 0.1) is 12.2 Å². The number of fused-ring (bicyclic) bond motifs is 3. The van der Waals surface area contributed by atoms with Crippen LogP contribution in [0.2, 0.25) is 5.02 Å². The van der Waals surface area contributed by atoms with Crippen LogP contribution in [0.25, 0.3) is 5.69 Å². The first-order valence-corrected chi connectivity index (χ1v) is 11.5. The molecule has 160 valence electrons. The van der Waals surface area contributed by atoms with E-state index in [4.69, 9.17) is 16.7 Å². The van der Waals surface area contributed by atoms with E-state index in [1.54, 1.807) is 0 Å². The van der Waals surface area contributed by atoms with E-state index < -0.39 is 0 Å². The standard InChI is InChI=1S/C23H26ClN7/c1-15-25-9-6-21(26-15)29-10-7-16(8-11-29)23-28-27-22-14-30(19-3-4-19)13-17-12-18(24)2-5-20(17)31(22)23/h2,5-6,9,12,16,19H,3-4,7-8,10-11,13-14H2,1H3. The zero-order valence-electron chi connectivity index (χ0n) is 17.7. The Morgan fingerprint density at radius 3 is 2.61 bits per heavy atom. The molecular formula is C23H26ClN7. The van der Waals surface area contributed by atoms with Gasteiger partial charge in [0.1, 0.15) is 17.5 Å². The number of halogens is 1. The Kier molecular flexibility index (Phi) is 4.69.